The normalized spacial score (nSPS) is 22.3. The van der Waals surface area contributed by atoms with Gasteiger partial charge in [0.2, 0.25) is 0 Å². The fourth-order valence-corrected chi connectivity index (χ4v) is 3.56. The summed E-state index contributed by atoms with van der Waals surface area (Å²) >= 11 is 0. The highest BCUT2D eigenvalue weighted by Crippen LogP contribution is 2.30. The minimum atomic E-state index is -0.445. The van der Waals surface area contributed by atoms with Crippen molar-refractivity contribution in [3.63, 3.8) is 0 Å². The number of ether oxygens (including phenoxy) is 1. The molecule has 2 aliphatic rings. The molecule has 0 aromatic carbocycles. The zero-order chi connectivity index (χ0) is 18.0. The molecule has 0 aliphatic carbocycles. The Balaban J connectivity index is 1.55. The second kappa shape index (κ2) is 7.20. The van der Waals surface area contributed by atoms with Crippen molar-refractivity contribution in [1.29, 1.82) is 0 Å². The third kappa shape index (κ3) is 4.42. The molecular formula is C19H30N4O2. The summed E-state index contributed by atoms with van der Waals surface area (Å²) in [6.45, 7) is 9.77. The Morgan fingerprint density at radius 3 is 2.40 bits per heavy atom. The van der Waals surface area contributed by atoms with Crippen LogP contribution < -0.4 is 4.90 Å². The zero-order valence-electron chi connectivity index (χ0n) is 15.9. The van der Waals surface area contributed by atoms with E-state index < -0.39 is 5.60 Å². The summed E-state index contributed by atoms with van der Waals surface area (Å²) in [5.41, 5.74) is 0.857. The smallest absolute Gasteiger partial charge is 0.410 e. The van der Waals surface area contributed by atoms with Crippen molar-refractivity contribution in [3.8, 4) is 0 Å². The SMILES string of the molecule is CN1CCCC1c1ccc(N2CCN(C(=O)OC(C)(C)C)CC2)nc1. The van der Waals surface area contributed by atoms with E-state index in [1.54, 1.807) is 4.90 Å². The molecule has 2 aliphatic heterocycles. The van der Waals surface area contributed by atoms with E-state index in [4.69, 9.17) is 4.74 Å². The average molecular weight is 346 g/mol. The maximum atomic E-state index is 12.1. The Bertz CT molecular complexity index is 588. The Morgan fingerprint density at radius 2 is 1.88 bits per heavy atom. The summed E-state index contributed by atoms with van der Waals surface area (Å²) in [5, 5.41) is 0. The second-order valence-corrected chi connectivity index (χ2v) is 8.04. The van der Waals surface area contributed by atoms with Crippen LogP contribution in [0.25, 0.3) is 0 Å². The topological polar surface area (TPSA) is 48.9 Å². The van der Waals surface area contributed by atoms with Crippen LogP contribution in [0.3, 0.4) is 0 Å². The summed E-state index contributed by atoms with van der Waals surface area (Å²) in [7, 11) is 2.18. The number of hydrogen-bond donors (Lipinski definition) is 0. The largest absolute Gasteiger partial charge is 0.444 e. The molecule has 0 saturated carbocycles. The number of nitrogens with zero attached hydrogens (tertiary/aromatic N) is 4. The molecular weight excluding hydrogens is 316 g/mol. The minimum Gasteiger partial charge on any atom is -0.444 e. The van der Waals surface area contributed by atoms with Gasteiger partial charge in [-0.3, -0.25) is 4.90 Å². The van der Waals surface area contributed by atoms with Gasteiger partial charge in [0.15, 0.2) is 0 Å². The number of aromatic nitrogens is 1. The molecule has 2 saturated heterocycles. The van der Waals surface area contributed by atoms with E-state index in [0.717, 1.165) is 18.9 Å². The summed E-state index contributed by atoms with van der Waals surface area (Å²) in [6, 6.07) is 4.82. The third-order valence-corrected chi connectivity index (χ3v) is 4.93. The fourth-order valence-electron chi connectivity index (χ4n) is 3.56. The molecule has 2 fully saturated rings. The van der Waals surface area contributed by atoms with Crippen LogP contribution in [0.2, 0.25) is 0 Å². The number of carbonyl (C=O) groups is 1. The lowest BCUT2D eigenvalue weighted by molar-refractivity contribution is 0.0240. The first-order chi connectivity index (χ1) is 11.8. The third-order valence-electron chi connectivity index (χ3n) is 4.93. The average Bonchev–Trinajstić information content (AvgIpc) is 3.00. The van der Waals surface area contributed by atoms with E-state index in [1.165, 1.54) is 24.9 Å². The lowest BCUT2D eigenvalue weighted by atomic mass is 10.1. The molecule has 25 heavy (non-hydrogen) atoms. The molecule has 1 amide bonds. The Morgan fingerprint density at radius 1 is 1.16 bits per heavy atom. The van der Waals surface area contributed by atoms with Crippen LogP contribution in [0.4, 0.5) is 10.6 Å². The molecule has 1 aromatic heterocycles. The predicted molar refractivity (Wildman–Crippen MR) is 98.9 cm³/mol. The van der Waals surface area contributed by atoms with Gasteiger partial charge in [0, 0.05) is 38.4 Å². The van der Waals surface area contributed by atoms with E-state index in [1.807, 2.05) is 27.0 Å². The molecule has 138 valence electrons. The summed E-state index contributed by atoms with van der Waals surface area (Å²) < 4.78 is 5.45. The van der Waals surface area contributed by atoms with Gasteiger partial charge in [0.1, 0.15) is 11.4 Å². The molecule has 6 nitrogen and oxygen atoms in total. The highest BCUT2D eigenvalue weighted by Gasteiger charge is 2.27. The minimum absolute atomic E-state index is 0.222. The van der Waals surface area contributed by atoms with Crippen molar-refractivity contribution in [2.45, 2.75) is 45.3 Å². The van der Waals surface area contributed by atoms with E-state index in [0.29, 0.717) is 19.1 Å². The first-order valence-corrected chi connectivity index (χ1v) is 9.22. The van der Waals surface area contributed by atoms with Crippen LogP contribution in [0.1, 0.15) is 45.2 Å². The number of amides is 1. The molecule has 1 aromatic rings. The van der Waals surface area contributed by atoms with Gasteiger partial charge in [-0.05, 0) is 58.8 Å². The Hall–Kier alpha value is -1.82. The van der Waals surface area contributed by atoms with Gasteiger partial charge in [-0.25, -0.2) is 9.78 Å². The first kappa shape index (κ1) is 18.0. The number of anilines is 1. The van der Waals surface area contributed by atoms with Crippen molar-refractivity contribution in [1.82, 2.24) is 14.8 Å². The molecule has 3 rings (SSSR count). The molecule has 0 bridgehead atoms. The summed E-state index contributed by atoms with van der Waals surface area (Å²) in [4.78, 5) is 23.2. The zero-order valence-corrected chi connectivity index (χ0v) is 15.9. The van der Waals surface area contributed by atoms with Crippen molar-refractivity contribution in [2.24, 2.45) is 0 Å². The van der Waals surface area contributed by atoms with Crippen molar-refractivity contribution >= 4 is 11.9 Å². The van der Waals surface area contributed by atoms with Gasteiger partial charge in [-0.15, -0.1) is 0 Å². The Labute approximate surface area is 150 Å². The number of likely N-dealkylation sites (tertiary alicyclic amines) is 1. The Kier molecular flexibility index (Phi) is 5.18. The van der Waals surface area contributed by atoms with Crippen molar-refractivity contribution in [2.75, 3.05) is 44.7 Å². The molecule has 0 N–H and O–H groups in total. The molecule has 6 heteroatoms. The van der Waals surface area contributed by atoms with Gasteiger partial charge >= 0.3 is 6.09 Å². The van der Waals surface area contributed by atoms with Crippen LogP contribution >= 0.6 is 0 Å². The van der Waals surface area contributed by atoms with Crippen molar-refractivity contribution in [3.05, 3.63) is 23.9 Å². The van der Waals surface area contributed by atoms with Crippen molar-refractivity contribution < 1.29 is 9.53 Å². The number of rotatable bonds is 2. The number of carbonyl (C=O) groups excluding carboxylic acids is 1. The van der Waals surface area contributed by atoms with E-state index in [9.17, 15) is 4.79 Å². The molecule has 3 heterocycles. The highest BCUT2D eigenvalue weighted by atomic mass is 16.6. The van der Waals surface area contributed by atoms with Crippen LogP contribution in [0.5, 0.6) is 0 Å². The van der Waals surface area contributed by atoms with Crippen LogP contribution in [-0.2, 0) is 4.74 Å². The van der Waals surface area contributed by atoms with Crippen LogP contribution in [-0.4, -0.2) is 66.2 Å². The second-order valence-electron chi connectivity index (χ2n) is 8.04. The molecule has 0 spiro atoms. The van der Waals surface area contributed by atoms with Gasteiger partial charge in [-0.2, -0.15) is 0 Å². The fraction of sp³-hybridized carbons (Fsp3) is 0.684. The van der Waals surface area contributed by atoms with Gasteiger partial charge in [-0.1, -0.05) is 6.07 Å². The highest BCUT2D eigenvalue weighted by molar-refractivity contribution is 5.68. The maximum Gasteiger partial charge on any atom is 0.410 e. The first-order valence-electron chi connectivity index (χ1n) is 9.22. The van der Waals surface area contributed by atoms with Crippen LogP contribution in [0.15, 0.2) is 18.3 Å². The lowest BCUT2D eigenvalue weighted by Gasteiger charge is -2.36. The van der Waals surface area contributed by atoms with E-state index >= 15 is 0 Å². The number of piperazine rings is 1. The van der Waals surface area contributed by atoms with Crippen LogP contribution in [0, 0.1) is 0 Å². The quantitative estimate of drug-likeness (QED) is 0.824. The monoisotopic (exact) mass is 346 g/mol. The van der Waals surface area contributed by atoms with E-state index in [2.05, 4.69) is 34.0 Å². The summed E-state index contributed by atoms with van der Waals surface area (Å²) in [5.74, 6) is 0.994. The number of pyridine rings is 1. The number of hydrogen-bond acceptors (Lipinski definition) is 5. The molecule has 1 unspecified atom stereocenters. The standard InChI is InChI=1S/C19H30N4O2/c1-19(2,3)25-18(24)23-12-10-22(11-13-23)17-8-7-15(14-20-17)16-6-5-9-21(16)4/h7-8,14,16H,5-6,9-13H2,1-4H3. The molecule has 0 radical (unpaired) electrons. The summed E-state index contributed by atoms with van der Waals surface area (Å²) in [6.07, 6.45) is 4.27. The predicted octanol–water partition coefficient (Wildman–Crippen LogP) is 2.91. The maximum absolute atomic E-state index is 12.1. The van der Waals surface area contributed by atoms with E-state index in [-0.39, 0.29) is 6.09 Å². The lowest BCUT2D eigenvalue weighted by Crippen LogP contribution is -2.50. The molecule has 1 atom stereocenters. The van der Waals surface area contributed by atoms with Gasteiger partial charge in [0.25, 0.3) is 0 Å². The van der Waals surface area contributed by atoms with Gasteiger partial charge < -0.3 is 14.5 Å². The van der Waals surface area contributed by atoms with Gasteiger partial charge in [0.05, 0.1) is 0 Å².